The quantitative estimate of drug-likeness (QED) is 0.840. The minimum atomic E-state index is -0.193. The van der Waals surface area contributed by atoms with Gasteiger partial charge >= 0.3 is 0 Å². The van der Waals surface area contributed by atoms with Gasteiger partial charge in [0.05, 0.1) is 11.7 Å². The maximum absolute atomic E-state index is 13.1. The Morgan fingerprint density at radius 1 is 1.20 bits per heavy atom. The highest BCUT2D eigenvalue weighted by Crippen LogP contribution is 2.42. The molecule has 3 fully saturated rings. The van der Waals surface area contributed by atoms with Gasteiger partial charge in [0.1, 0.15) is 0 Å². The number of nitrogens with zero attached hydrogens (tertiary/aromatic N) is 1. The molecule has 3 aliphatic rings. The molecular weight excluding hydrogens is 248 g/mol. The summed E-state index contributed by atoms with van der Waals surface area (Å²) in [5.74, 6) is 1.81. The first-order valence-corrected chi connectivity index (χ1v) is 8.69. The Bertz CT molecular complexity index is 375. The molecular formula is C17H30N2O. The minimum Gasteiger partial charge on any atom is -0.322 e. The fraction of sp³-hybridized carbons (Fsp3) is 0.941. The van der Waals surface area contributed by atoms with Gasteiger partial charge in [-0.05, 0) is 37.5 Å². The summed E-state index contributed by atoms with van der Waals surface area (Å²) in [6.07, 6.45) is 9.64. The van der Waals surface area contributed by atoms with E-state index in [4.69, 9.17) is 0 Å². The zero-order valence-corrected chi connectivity index (χ0v) is 13.3. The van der Waals surface area contributed by atoms with Gasteiger partial charge in [-0.2, -0.15) is 0 Å². The van der Waals surface area contributed by atoms with Crippen LogP contribution in [0.1, 0.15) is 72.1 Å². The lowest BCUT2D eigenvalue weighted by Crippen LogP contribution is -2.50. The van der Waals surface area contributed by atoms with Gasteiger partial charge in [-0.15, -0.1) is 0 Å². The Kier molecular flexibility index (Phi) is 3.83. The largest absolute Gasteiger partial charge is 0.322 e. The van der Waals surface area contributed by atoms with E-state index in [1.54, 1.807) is 0 Å². The summed E-state index contributed by atoms with van der Waals surface area (Å²) in [6, 6.07) is 0.462. The molecule has 3 nitrogen and oxygen atoms in total. The minimum absolute atomic E-state index is 0.193. The van der Waals surface area contributed by atoms with E-state index in [1.165, 1.54) is 32.1 Å². The second-order valence-corrected chi connectivity index (χ2v) is 7.40. The third-order valence-corrected chi connectivity index (χ3v) is 6.29. The number of hydrogen-bond acceptors (Lipinski definition) is 2. The highest BCUT2D eigenvalue weighted by Gasteiger charge is 2.54. The van der Waals surface area contributed by atoms with Crippen molar-refractivity contribution >= 4 is 5.91 Å². The zero-order valence-electron chi connectivity index (χ0n) is 13.3. The summed E-state index contributed by atoms with van der Waals surface area (Å²) in [5, 5.41) is 3.72. The van der Waals surface area contributed by atoms with Gasteiger partial charge in [0.25, 0.3) is 0 Å². The molecule has 0 aromatic heterocycles. The molecule has 0 aromatic carbocycles. The lowest BCUT2D eigenvalue weighted by Gasteiger charge is -2.42. The van der Waals surface area contributed by atoms with Gasteiger partial charge in [0, 0.05) is 6.04 Å². The van der Waals surface area contributed by atoms with Crippen molar-refractivity contribution in [3.63, 3.8) is 0 Å². The predicted molar refractivity (Wildman–Crippen MR) is 81.2 cm³/mol. The number of carbonyl (C=O) groups is 1. The van der Waals surface area contributed by atoms with Gasteiger partial charge in [-0.25, -0.2) is 0 Å². The van der Waals surface area contributed by atoms with Crippen LogP contribution in [0.25, 0.3) is 0 Å². The molecule has 20 heavy (non-hydrogen) atoms. The Morgan fingerprint density at radius 3 is 2.55 bits per heavy atom. The predicted octanol–water partition coefficient (Wildman–Crippen LogP) is 3.29. The van der Waals surface area contributed by atoms with Crippen LogP contribution >= 0.6 is 0 Å². The van der Waals surface area contributed by atoms with Gasteiger partial charge in [-0.3, -0.25) is 10.1 Å². The Morgan fingerprint density at radius 2 is 1.90 bits per heavy atom. The number of carbonyl (C=O) groups excluding carboxylic acids is 1. The molecule has 1 aliphatic heterocycles. The first-order chi connectivity index (χ1) is 9.59. The maximum atomic E-state index is 13.1. The molecule has 4 atom stereocenters. The highest BCUT2D eigenvalue weighted by molar-refractivity contribution is 5.89. The molecule has 2 aliphatic carbocycles. The normalized spacial score (nSPS) is 40.8. The van der Waals surface area contributed by atoms with Crippen LogP contribution in [-0.2, 0) is 4.79 Å². The molecule has 1 saturated heterocycles. The van der Waals surface area contributed by atoms with Gasteiger partial charge in [0.15, 0.2) is 0 Å². The van der Waals surface area contributed by atoms with Crippen LogP contribution in [0.5, 0.6) is 0 Å². The number of amides is 1. The first kappa shape index (κ1) is 14.4. The van der Waals surface area contributed by atoms with E-state index >= 15 is 0 Å². The van der Waals surface area contributed by atoms with Crippen LogP contribution in [0, 0.1) is 11.8 Å². The van der Waals surface area contributed by atoms with Crippen molar-refractivity contribution in [2.24, 2.45) is 11.8 Å². The Hall–Kier alpha value is -0.570. The van der Waals surface area contributed by atoms with E-state index in [9.17, 15) is 4.79 Å². The Labute approximate surface area is 123 Å². The molecule has 0 aromatic rings. The Balaban J connectivity index is 1.85. The second kappa shape index (κ2) is 5.32. The summed E-state index contributed by atoms with van der Waals surface area (Å²) in [6.45, 7) is 6.92. The van der Waals surface area contributed by atoms with Crippen molar-refractivity contribution < 1.29 is 4.79 Å². The molecule has 1 amide bonds. The lowest BCUT2D eigenvalue weighted by atomic mass is 9.77. The van der Waals surface area contributed by atoms with Crippen molar-refractivity contribution in [2.75, 3.05) is 0 Å². The molecule has 1 N–H and O–H groups in total. The second-order valence-electron chi connectivity index (χ2n) is 7.40. The van der Waals surface area contributed by atoms with Crippen molar-refractivity contribution in [3.05, 3.63) is 0 Å². The number of hydrogen-bond donors (Lipinski definition) is 1. The van der Waals surface area contributed by atoms with E-state index < -0.39 is 0 Å². The van der Waals surface area contributed by atoms with Crippen LogP contribution in [-0.4, -0.2) is 28.6 Å². The summed E-state index contributed by atoms with van der Waals surface area (Å²) in [7, 11) is 0. The third kappa shape index (κ3) is 2.09. The van der Waals surface area contributed by atoms with Crippen LogP contribution in [0.15, 0.2) is 0 Å². The highest BCUT2D eigenvalue weighted by atomic mass is 16.2. The van der Waals surface area contributed by atoms with E-state index in [0.717, 1.165) is 25.2 Å². The SMILES string of the molecule is CCC1NC2(CCCC2)C(=O)N1C1CCCC(C)C1C. The van der Waals surface area contributed by atoms with Crippen LogP contribution in [0.4, 0.5) is 0 Å². The molecule has 1 spiro atoms. The maximum Gasteiger partial charge on any atom is 0.244 e. The fourth-order valence-corrected chi connectivity index (χ4v) is 4.80. The smallest absolute Gasteiger partial charge is 0.244 e. The summed E-state index contributed by atoms with van der Waals surface area (Å²) in [5.41, 5.74) is -0.193. The molecule has 3 rings (SSSR count). The summed E-state index contributed by atoms with van der Waals surface area (Å²) in [4.78, 5) is 15.4. The summed E-state index contributed by atoms with van der Waals surface area (Å²) >= 11 is 0. The molecule has 0 bridgehead atoms. The summed E-state index contributed by atoms with van der Waals surface area (Å²) < 4.78 is 0. The van der Waals surface area contributed by atoms with E-state index in [-0.39, 0.29) is 11.7 Å². The van der Waals surface area contributed by atoms with Crippen molar-refractivity contribution in [2.45, 2.75) is 89.9 Å². The van der Waals surface area contributed by atoms with Crippen molar-refractivity contribution in [1.82, 2.24) is 10.2 Å². The van der Waals surface area contributed by atoms with Crippen LogP contribution in [0.3, 0.4) is 0 Å². The topological polar surface area (TPSA) is 32.3 Å². The number of rotatable bonds is 2. The van der Waals surface area contributed by atoms with E-state index in [0.29, 0.717) is 17.9 Å². The van der Waals surface area contributed by atoms with Crippen LogP contribution in [0.2, 0.25) is 0 Å². The molecule has 1 heterocycles. The standard InChI is InChI=1S/C17H30N2O/c1-4-15-18-17(10-5-6-11-17)16(20)19(15)14-9-7-8-12(2)13(14)3/h12-15,18H,4-11H2,1-3H3. The molecule has 114 valence electrons. The van der Waals surface area contributed by atoms with Gasteiger partial charge in [0.2, 0.25) is 5.91 Å². The van der Waals surface area contributed by atoms with Crippen molar-refractivity contribution in [1.29, 1.82) is 0 Å². The van der Waals surface area contributed by atoms with Crippen LogP contribution < -0.4 is 5.32 Å². The average Bonchev–Trinajstić information content (AvgIpc) is 3.01. The average molecular weight is 278 g/mol. The fourth-order valence-electron chi connectivity index (χ4n) is 4.80. The van der Waals surface area contributed by atoms with E-state index in [1.807, 2.05) is 0 Å². The lowest BCUT2D eigenvalue weighted by molar-refractivity contribution is -0.137. The van der Waals surface area contributed by atoms with Gasteiger partial charge < -0.3 is 4.90 Å². The molecule has 4 unspecified atom stereocenters. The molecule has 2 saturated carbocycles. The van der Waals surface area contributed by atoms with Gasteiger partial charge in [-0.1, -0.05) is 46.5 Å². The number of nitrogens with one attached hydrogen (secondary N) is 1. The third-order valence-electron chi connectivity index (χ3n) is 6.29. The molecule has 0 radical (unpaired) electrons. The van der Waals surface area contributed by atoms with Crippen molar-refractivity contribution in [3.8, 4) is 0 Å². The van der Waals surface area contributed by atoms with E-state index in [2.05, 4.69) is 31.0 Å². The zero-order chi connectivity index (χ0) is 14.3. The monoisotopic (exact) mass is 278 g/mol. The first-order valence-electron chi connectivity index (χ1n) is 8.69. The molecule has 3 heteroatoms.